The number of aromatic nitrogens is 3. The minimum absolute atomic E-state index is 0.0720. The van der Waals surface area contributed by atoms with Gasteiger partial charge in [0.2, 0.25) is 5.95 Å². The maximum atomic E-state index is 12.8. The smallest absolute Gasteiger partial charge is 0.267 e. The number of nitrogens with one attached hydrogen (secondary N) is 3. The van der Waals surface area contributed by atoms with Crippen molar-refractivity contribution in [1.82, 2.24) is 19.9 Å². The Balaban J connectivity index is 1.48. The van der Waals surface area contributed by atoms with Crippen molar-refractivity contribution >= 4 is 39.7 Å². The molecule has 0 aliphatic carbocycles. The van der Waals surface area contributed by atoms with Gasteiger partial charge in [0.15, 0.2) is 0 Å². The maximum absolute atomic E-state index is 12.8. The first kappa shape index (κ1) is 16.6. The summed E-state index contributed by atoms with van der Waals surface area (Å²) >= 11 is 0. The van der Waals surface area contributed by atoms with Crippen LogP contribution in [0, 0.1) is 6.92 Å². The SMILES string of the molecule is Cc1ccc2nc(NC(=O)c3ccc4cc5n(c4c3)CCCNC5=O)[nH]c2c1. The molecule has 7 heteroatoms. The van der Waals surface area contributed by atoms with Crippen molar-refractivity contribution in [2.45, 2.75) is 19.9 Å². The number of hydrogen-bond acceptors (Lipinski definition) is 3. The zero-order chi connectivity index (χ0) is 19.3. The van der Waals surface area contributed by atoms with E-state index in [1.807, 2.05) is 47.9 Å². The Labute approximate surface area is 160 Å². The lowest BCUT2D eigenvalue weighted by Gasteiger charge is -2.06. The fourth-order valence-corrected chi connectivity index (χ4v) is 3.72. The molecule has 0 radical (unpaired) electrons. The van der Waals surface area contributed by atoms with E-state index in [1.54, 1.807) is 6.07 Å². The number of H-pyrrole nitrogens is 1. The number of hydrogen-bond donors (Lipinski definition) is 3. The van der Waals surface area contributed by atoms with Crippen LogP contribution in [0.15, 0.2) is 42.5 Å². The number of aromatic amines is 1. The lowest BCUT2D eigenvalue weighted by Crippen LogP contribution is -2.22. The van der Waals surface area contributed by atoms with E-state index in [0.29, 0.717) is 23.8 Å². The summed E-state index contributed by atoms with van der Waals surface area (Å²) in [4.78, 5) is 32.5. The van der Waals surface area contributed by atoms with Crippen molar-refractivity contribution < 1.29 is 9.59 Å². The van der Waals surface area contributed by atoms with Gasteiger partial charge in [0.1, 0.15) is 5.69 Å². The molecule has 0 unspecified atom stereocenters. The van der Waals surface area contributed by atoms with E-state index in [9.17, 15) is 9.59 Å². The van der Waals surface area contributed by atoms with Crippen LogP contribution in [0.25, 0.3) is 21.9 Å². The summed E-state index contributed by atoms with van der Waals surface area (Å²) in [6.07, 6.45) is 0.858. The number of carbonyl (C=O) groups is 2. The number of rotatable bonds is 2. The Bertz CT molecular complexity index is 1250. The summed E-state index contributed by atoms with van der Waals surface area (Å²) in [5, 5.41) is 6.67. The third kappa shape index (κ3) is 2.72. The van der Waals surface area contributed by atoms with Gasteiger partial charge in [-0.25, -0.2) is 4.98 Å². The van der Waals surface area contributed by atoms with Crippen LogP contribution in [-0.2, 0) is 6.54 Å². The zero-order valence-electron chi connectivity index (χ0n) is 15.4. The molecule has 2 aromatic heterocycles. The molecule has 2 aromatic carbocycles. The highest BCUT2D eigenvalue weighted by atomic mass is 16.2. The van der Waals surface area contributed by atoms with E-state index in [2.05, 4.69) is 20.6 Å². The van der Waals surface area contributed by atoms with Crippen LogP contribution in [0.1, 0.15) is 32.8 Å². The number of nitrogens with zero attached hydrogens (tertiary/aromatic N) is 2. The molecule has 0 fully saturated rings. The molecular formula is C21H19N5O2. The van der Waals surface area contributed by atoms with Crippen LogP contribution in [0.5, 0.6) is 0 Å². The van der Waals surface area contributed by atoms with E-state index in [4.69, 9.17) is 0 Å². The number of aryl methyl sites for hydroxylation is 2. The van der Waals surface area contributed by atoms with Gasteiger partial charge in [-0.15, -0.1) is 0 Å². The Hall–Kier alpha value is -3.61. The second kappa shape index (κ2) is 6.23. The molecule has 1 aliphatic rings. The molecule has 7 nitrogen and oxygen atoms in total. The monoisotopic (exact) mass is 373 g/mol. The number of anilines is 1. The van der Waals surface area contributed by atoms with Crippen molar-refractivity contribution in [3.63, 3.8) is 0 Å². The fraction of sp³-hybridized carbons (Fsp3) is 0.190. The van der Waals surface area contributed by atoms with Gasteiger partial charge in [0, 0.05) is 29.6 Å². The summed E-state index contributed by atoms with van der Waals surface area (Å²) in [5.41, 5.74) is 4.86. The first-order valence-electron chi connectivity index (χ1n) is 9.28. The predicted octanol–water partition coefficient (Wildman–Crippen LogP) is 3.21. The van der Waals surface area contributed by atoms with E-state index in [-0.39, 0.29) is 11.8 Å². The average Bonchev–Trinajstić information content (AvgIpc) is 3.19. The molecule has 4 aromatic rings. The Morgan fingerprint density at radius 3 is 2.96 bits per heavy atom. The van der Waals surface area contributed by atoms with Gasteiger partial charge in [-0.3, -0.25) is 14.9 Å². The molecule has 2 amide bonds. The van der Waals surface area contributed by atoms with Gasteiger partial charge in [-0.2, -0.15) is 0 Å². The minimum atomic E-state index is -0.244. The molecule has 1 aliphatic heterocycles. The van der Waals surface area contributed by atoms with Crippen molar-refractivity contribution in [1.29, 1.82) is 0 Å². The maximum Gasteiger partial charge on any atom is 0.267 e. The van der Waals surface area contributed by atoms with Crippen LogP contribution in [0.2, 0.25) is 0 Å². The van der Waals surface area contributed by atoms with E-state index in [1.165, 1.54) is 0 Å². The van der Waals surface area contributed by atoms with Gasteiger partial charge in [0.25, 0.3) is 11.8 Å². The van der Waals surface area contributed by atoms with Gasteiger partial charge in [0.05, 0.1) is 11.0 Å². The summed E-state index contributed by atoms with van der Waals surface area (Å²) < 4.78 is 1.98. The summed E-state index contributed by atoms with van der Waals surface area (Å²) in [7, 11) is 0. The molecule has 0 spiro atoms. The van der Waals surface area contributed by atoms with Crippen LogP contribution in [0.3, 0.4) is 0 Å². The molecule has 0 atom stereocenters. The predicted molar refractivity (Wildman–Crippen MR) is 108 cm³/mol. The van der Waals surface area contributed by atoms with Gasteiger partial charge >= 0.3 is 0 Å². The first-order chi connectivity index (χ1) is 13.6. The lowest BCUT2D eigenvalue weighted by molar-refractivity contribution is 0.0950. The van der Waals surface area contributed by atoms with Gasteiger partial charge in [-0.1, -0.05) is 12.1 Å². The normalized spacial score (nSPS) is 14.0. The van der Waals surface area contributed by atoms with Crippen LogP contribution < -0.4 is 10.6 Å². The largest absolute Gasteiger partial charge is 0.351 e. The van der Waals surface area contributed by atoms with Crippen molar-refractivity contribution in [3.05, 3.63) is 59.3 Å². The zero-order valence-corrected chi connectivity index (χ0v) is 15.4. The third-order valence-electron chi connectivity index (χ3n) is 5.11. The van der Waals surface area contributed by atoms with Gasteiger partial charge in [-0.05, 0) is 49.2 Å². The summed E-state index contributed by atoms with van der Waals surface area (Å²) in [6.45, 7) is 3.41. The number of amides is 2. The van der Waals surface area contributed by atoms with Gasteiger partial charge < -0.3 is 14.9 Å². The van der Waals surface area contributed by atoms with E-state index >= 15 is 0 Å². The van der Waals surface area contributed by atoms with Crippen molar-refractivity contribution in [3.8, 4) is 0 Å². The molecular weight excluding hydrogens is 354 g/mol. The fourth-order valence-electron chi connectivity index (χ4n) is 3.72. The second-order valence-electron chi connectivity index (χ2n) is 7.12. The molecule has 3 N–H and O–H groups in total. The molecule has 140 valence electrons. The van der Waals surface area contributed by atoms with Crippen molar-refractivity contribution in [2.24, 2.45) is 0 Å². The molecule has 0 bridgehead atoms. The minimum Gasteiger partial charge on any atom is -0.351 e. The van der Waals surface area contributed by atoms with Crippen LogP contribution >= 0.6 is 0 Å². The first-order valence-corrected chi connectivity index (χ1v) is 9.28. The topological polar surface area (TPSA) is 91.8 Å². The summed E-state index contributed by atoms with van der Waals surface area (Å²) in [5.74, 6) is 0.0997. The number of fused-ring (bicyclic) bond motifs is 4. The Morgan fingerprint density at radius 1 is 1.18 bits per heavy atom. The number of carbonyl (C=O) groups excluding carboxylic acids is 2. The second-order valence-corrected chi connectivity index (χ2v) is 7.12. The standard InChI is InChI=1S/C21H19N5O2/c1-12-3-6-15-16(9-12)24-21(23-15)25-19(27)14-5-4-13-10-18-20(28)22-7-2-8-26(18)17(13)11-14/h3-6,9-11H,2,7-8H2,1H3,(H,22,28)(H2,23,24,25,27). The van der Waals surface area contributed by atoms with E-state index in [0.717, 1.165) is 40.5 Å². The van der Waals surface area contributed by atoms with E-state index < -0.39 is 0 Å². The highest BCUT2D eigenvalue weighted by Crippen LogP contribution is 2.24. The lowest BCUT2D eigenvalue weighted by atomic mass is 10.1. The molecule has 3 heterocycles. The van der Waals surface area contributed by atoms with Crippen molar-refractivity contribution in [2.75, 3.05) is 11.9 Å². The number of benzene rings is 2. The highest BCUT2D eigenvalue weighted by molar-refractivity contribution is 6.07. The van der Waals surface area contributed by atoms with Crippen LogP contribution in [-0.4, -0.2) is 32.9 Å². The Morgan fingerprint density at radius 2 is 2.07 bits per heavy atom. The molecule has 5 rings (SSSR count). The highest BCUT2D eigenvalue weighted by Gasteiger charge is 2.19. The Kier molecular flexibility index (Phi) is 3.68. The third-order valence-corrected chi connectivity index (χ3v) is 5.11. The molecule has 0 saturated heterocycles. The quantitative estimate of drug-likeness (QED) is 0.504. The molecule has 0 saturated carbocycles. The molecule has 28 heavy (non-hydrogen) atoms. The number of imidazole rings is 1. The van der Waals surface area contributed by atoms with Crippen LogP contribution in [0.4, 0.5) is 5.95 Å². The average molecular weight is 373 g/mol. The summed E-state index contributed by atoms with van der Waals surface area (Å²) in [6, 6.07) is 13.2.